The number of phenols is 1. The van der Waals surface area contributed by atoms with Crippen LogP contribution < -0.4 is 5.32 Å². The molecule has 0 amide bonds. The molecule has 0 bridgehead atoms. The lowest BCUT2D eigenvalue weighted by atomic mass is 9.87. The number of pyridine rings is 1. The molecule has 1 aliphatic rings. The summed E-state index contributed by atoms with van der Waals surface area (Å²) >= 11 is 0. The summed E-state index contributed by atoms with van der Waals surface area (Å²) in [6.45, 7) is 2.14. The van der Waals surface area contributed by atoms with E-state index in [1.54, 1.807) is 6.07 Å². The minimum absolute atomic E-state index is 0.203. The van der Waals surface area contributed by atoms with Crippen molar-refractivity contribution in [2.45, 2.75) is 38.3 Å². The SMILES string of the molecule is C[C@H](NC1CCCc2ccc(O)cc21)c1ccccn1. The molecular weight excluding hydrogens is 248 g/mol. The number of aromatic nitrogens is 1. The molecule has 1 aromatic heterocycles. The van der Waals surface area contributed by atoms with Crippen LogP contribution in [0.15, 0.2) is 42.6 Å². The number of fused-ring (bicyclic) bond motifs is 1. The van der Waals surface area contributed by atoms with Gasteiger partial charge < -0.3 is 10.4 Å². The number of aromatic hydroxyl groups is 1. The number of hydrogen-bond acceptors (Lipinski definition) is 3. The van der Waals surface area contributed by atoms with Crippen LogP contribution in [0.5, 0.6) is 5.75 Å². The van der Waals surface area contributed by atoms with Crippen LogP contribution >= 0.6 is 0 Å². The van der Waals surface area contributed by atoms with Gasteiger partial charge >= 0.3 is 0 Å². The fraction of sp³-hybridized carbons (Fsp3) is 0.353. The summed E-state index contributed by atoms with van der Waals surface area (Å²) in [4.78, 5) is 4.41. The predicted octanol–water partition coefficient (Wildman–Crippen LogP) is 3.52. The van der Waals surface area contributed by atoms with Crippen LogP contribution in [0.4, 0.5) is 0 Å². The van der Waals surface area contributed by atoms with Gasteiger partial charge in [-0.25, -0.2) is 0 Å². The molecule has 1 aliphatic carbocycles. The van der Waals surface area contributed by atoms with Crippen LogP contribution in [0.1, 0.15) is 48.7 Å². The van der Waals surface area contributed by atoms with E-state index in [0.717, 1.165) is 18.5 Å². The maximum atomic E-state index is 9.72. The first-order valence-electron chi connectivity index (χ1n) is 7.23. The molecule has 1 heterocycles. The summed E-state index contributed by atoms with van der Waals surface area (Å²) in [5.41, 5.74) is 3.64. The number of aryl methyl sites for hydroxylation is 1. The average molecular weight is 268 g/mol. The maximum Gasteiger partial charge on any atom is 0.115 e. The Morgan fingerprint density at radius 1 is 1.30 bits per heavy atom. The molecule has 0 radical (unpaired) electrons. The number of hydrogen-bond donors (Lipinski definition) is 2. The Labute approximate surface area is 119 Å². The molecule has 2 N–H and O–H groups in total. The summed E-state index contributed by atoms with van der Waals surface area (Å²) in [6.07, 6.45) is 5.22. The molecule has 2 atom stereocenters. The zero-order valence-corrected chi connectivity index (χ0v) is 11.7. The van der Waals surface area contributed by atoms with Gasteiger partial charge in [-0.05, 0) is 61.6 Å². The Morgan fingerprint density at radius 2 is 2.20 bits per heavy atom. The molecular formula is C17H20N2O. The van der Waals surface area contributed by atoms with Gasteiger partial charge in [0.2, 0.25) is 0 Å². The molecule has 3 heteroatoms. The standard InChI is InChI=1S/C17H20N2O/c1-12(16-6-2-3-10-18-16)19-17-7-4-5-13-8-9-14(20)11-15(13)17/h2-3,6,8-12,17,19-20H,4-5,7H2,1H3/t12-,17?/m0/s1. The predicted molar refractivity (Wildman–Crippen MR) is 79.6 cm³/mol. The molecule has 0 fully saturated rings. The smallest absolute Gasteiger partial charge is 0.115 e. The Bertz CT molecular complexity index is 583. The van der Waals surface area contributed by atoms with Crippen molar-refractivity contribution < 1.29 is 5.11 Å². The first-order valence-corrected chi connectivity index (χ1v) is 7.23. The third-order valence-corrected chi connectivity index (χ3v) is 4.03. The molecule has 1 aromatic carbocycles. The maximum absolute atomic E-state index is 9.72. The highest BCUT2D eigenvalue weighted by Gasteiger charge is 2.22. The van der Waals surface area contributed by atoms with Crippen LogP contribution in [0, 0.1) is 0 Å². The number of phenolic OH excluding ortho intramolecular Hbond substituents is 1. The second-order valence-electron chi connectivity index (χ2n) is 5.47. The molecule has 0 spiro atoms. The van der Waals surface area contributed by atoms with Gasteiger partial charge in [-0.15, -0.1) is 0 Å². The molecule has 0 aliphatic heterocycles. The van der Waals surface area contributed by atoms with Crippen LogP contribution in [0.2, 0.25) is 0 Å². The highest BCUT2D eigenvalue weighted by molar-refractivity contribution is 5.38. The van der Waals surface area contributed by atoms with Crippen LogP contribution in [0.3, 0.4) is 0 Å². The van der Waals surface area contributed by atoms with E-state index in [2.05, 4.69) is 17.2 Å². The fourth-order valence-corrected chi connectivity index (χ4v) is 2.98. The van der Waals surface area contributed by atoms with Crippen molar-refractivity contribution in [3.8, 4) is 5.75 Å². The summed E-state index contributed by atoms with van der Waals surface area (Å²) in [5, 5.41) is 13.4. The van der Waals surface area contributed by atoms with Gasteiger partial charge in [0, 0.05) is 18.3 Å². The van der Waals surface area contributed by atoms with E-state index in [-0.39, 0.29) is 6.04 Å². The Morgan fingerprint density at radius 3 is 3.00 bits per heavy atom. The topological polar surface area (TPSA) is 45.1 Å². The van der Waals surface area contributed by atoms with Crippen LogP contribution in [-0.2, 0) is 6.42 Å². The Hall–Kier alpha value is -1.87. The van der Waals surface area contributed by atoms with Crippen LogP contribution in [-0.4, -0.2) is 10.1 Å². The normalized spacial score (nSPS) is 19.4. The van der Waals surface area contributed by atoms with E-state index in [1.807, 2.05) is 36.5 Å². The largest absolute Gasteiger partial charge is 0.508 e. The van der Waals surface area contributed by atoms with Crippen molar-refractivity contribution in [2.75, 3.05) is 0 Å². The summed E-state index contributed by atoms with van der Waals surface area (Å²) in [5.74, 6) is 0.350. The average Bonchev–Trinajstić information content (AvgIpc) is 2.49. The van der Waals surface area contributed by atoms with Crippen molar-refractivity contribution in [3.63, 3.8) is 0 Å². The van der Waals surface area contributed by atoms with Gasteiger partial charge in [-0.2, -0.15) is 0 Å². The number of rotatable bonds is 3. The summed E-state index contributed by atoms with van der Waals surface area (Å²) < 4.78 is 0. The van der Waals surface area contributed by atoms with Crippen molar-refractivity contribution in [1.29, 1.82) is 0 Å². The summed E-state index contributed by atoms with van der Waals surface area (Å²) in [6, 6.07) is 12.2. The number of benzene rings is 1. The molecule has 2 aromatic rings. The monoisotopic (exact) mass is 268 g/mol. The lowest BCUT2D eigenvalue weighted by Gasteiger charge is -2.29. The zero-order chi connectivity index (χ0) is 13.9. The highest BCUT2D eigenvalue weighted by Crippen LogP contribution is 2.33. The Balaban J connectivity index is 1.81. The first kappa shape index (κ1) is 13.1. The minimum atomic E-state index is 0.203. The molecule has 0 saturated heterocycles. The lowest BCUT2D eigenvalue weighted by Crippen LogP contribution is -2.28. The molecule has 0 saturated carbocycles. The van der Waals surface area contributed by atoms with E-state index in [9.17, 15) is 5.11 Å². The quantitative estimate of drug-likeness (QED) is 0.895. The lowest BCUT2D eigenvalue weighted by molar-refractivity contribution is 0.407. The number of nitrogens with zero attached hydrogens (tertiary/aromatic N) is 1. The van der Waals surface area contributed by atoms with Gasteiger partial charge in [-0.3, -0.25) is 4.98 Å². The fourth-order valence-electron chi connectivity index (χ4n) is 2.98. The van der Waals surface area contributed by atoms with E-state index in [1.165, 1.54) is 17.5 Å². The van der Waals surface area contributed by atoms with Gasteiger partial charge in [0.1, 0.15) is 5.75 Å². The van der Waals surface area contributed by atoms with E-state index >= 15 is 0 Å². The number of nitrogens with one attached hydrogen (secondary N) is 1. The van der Waals surface area contributed by atoms with Gasteiger partial charge in [0.05, 0.1) is 5.69 Å². The van der Waals surface area contributed by atoms with Gasteiger partial charge in [0.15, 0.2) is 0 Å². The molecule has 104 valence electrons. The third kappa shape index (κ3) is 2.68. The minimum Gasteiger partial charge on any atom is -0.508 e. The zero-order valence-electron chi connectivity index (χ0n) is 11.7. The van der Waals surface area contributed by atoms with Crippen molar-refractivity contribution in [3.05, 3.63) is 59.4 Å². The first-order chi connectivity index (χ1) is 9.74. The van der Waals surface area contributed by atoms with Gasteiger partial charge in [0.25, 0.3) is 0 Å². The van der Waals surface area contributed by atoms with Crippen LogP contribution in [0.25, 0.3) is 0 Å². The van der Waals surface area contributed by atoms with Crippen molar-refractivity contribution in [2.24, 2.45) is 0 Å². The molecule has 20 heavy (non-hydrogen) atoms. The van der Waals surface area contributed by atoms with E-state index in [4.69, 9.17) is 0 Å². The van der Waals surface area contributed by atoms with E-state index < -0.39 is 0 Å². The molecule has 3 nitrogen and oxygen atoms in total. The Kier molecular flexibility index (Phi) is 3.70. The molecule has 1 unspecified atom stereocenters. The van der Waals surface area contributed by atoms with Crippen molar-refractivity contribution in [1.82, 2.24) is 10.3 Å². The third-order valence-electron chi connectivity index (χ3n) is 4.03. The van der Waals surface area contributed by atoms with Crippen molar-refractivity contribution >= 4 is 0 Å². The van der Waals surface area contributed by atoms with E-state index in [0.29, 0.717) is 11.8 Å². The highest BCUT2D eigenvalue weighted by atomic mass is 16.3. The summed E-state index contributed by atoms with van der Waals surface area (Å²) in [7, 11) is 0. The second kappa shape index (κ2) is 5.63. The molecule has 3 rings (SSSR count). The second-order valence-corrected chi connectivity index (χ2v) is 5.47. The van der Waals surface area contributed by atoms with Gasteiger partial charge in [-0.1, -0.05) is 12.1 Å².